The van der Waals surface area contributed by atoms with Crippen LogP contribution in [-0.2, 0) is 16.2 Å². The van der Waals surface area contributed by atoms with Crippen molar-refractivity contribution >= 4 is 34.8 Å². The SMILES string of the molecule is COc1cc(C2C3=C(CC(C)(C)CC3=O)NC3=C2C(=O)CC(C)(C)C3)cc(Cl)c1OCc1cccc(Cl)c1. The van der Waals surface area contributed by atoms with Gasteiger partial charge in [0, 0.05) is 46.3 Å². The molecule has 2 aromatic rings. The number of Topliss-reactive ketones (excluding diaryl/α,β-unsaturated/α-hetero) is 2. The highest BCUT2D eigenvalue weighted by Crippen LogP contribution is 2.52. The van der Waals surface area contributed by atoms with Crippen LogP contribution in [-0.4, -0.2) is 18.7 Å². The molecule has 0 fully saturated rings. The summed E-state index contributed by atoms with van der Waals surface area (Å²) in [6.45, 7) is 8.69. The Morgan fingerprint density at radius 1 is 0.895 bits per heavy atom. The molecule has 2 aromatic carbocycles. The first kappa shape index (κ1) is 26.8. The third-order valence-corrected chi connectivity index (χ3v) is 8.09. The quantitative estimate of drug-likeness (QED) is 0.414. The summed E-state index contributed by atoms with van der Waals surface area (Å²) < 4.78 is 11.8. The van der Waals surface area contributed by atoms with Gasteiger partial charge in [0.05, 0.1) is 12.1 Å². The van der Waals surface area contributed by atoms with E-state index in [0.29, 0.717) is 45.5 Å². The Kier molecular flexibility index (Phi) is 6.90. The van der Waals surface area contributed by atoms with Gasteiger partial charge in [0.25, 0.3) is 0 Å². The van der Waals surface area contributed by atoms with Gasteiger partial charge in [0.15, 0.2) is 23.1 Å². The molecular formula is C31H33Cl2NO4. The van der Waals surface area contributed by atoms with Gasteiger partial charge in [0.2, 0.25) is 0 Å². The number of methoxy groups -OCH3 is 1. The normalized spacial score (nSPS) is 20.6. The maximum Gasteiger partial charge on any atom is 0.180 e. The lowest BCUT2D eigenvalue weighted by molar-refractivity contribution is -0.119. The van der Waals surface area contributed by atoms with Crippen molar-refractivity contribution in [2.75, 3.05) is 7.11 Å². The number of dihydropyridines is 1. The first-order valence-corrected chi connectivity index (χ1v) is 13.7. The number of rotatable bonds is 5. The number of ketones is 2. The van der Waals surface area contributed by atoms with Gasteiger partial charge >= 0.3 is 0 Å². The van der Waals surface area contributed by atoms with Gasteiger partial charge in [-0.15, -0.1) is 0 Å². The highest BCUT2D eigenvalue weighted by molar-refractivity contribution is 6.32. The highest BCUT2D eigenvalue weighted by Gasteiger charge is 2.46. The molecular weight excluding hydrogens is 521 g/mol. The summed E-state index contributed by atoms with van der Waals surface area (Å²) in [4.78, 5) is 27.2. The topological polar surface area (TPSA) is 64.6 Å². The number of ether oxygens (including phenoxy) is 2. The van der Waals surface area contributed by atoms with Crippen LogP contribution in [0.1, 0.15) is 70.4 Å². The highest BCUT2D eigenvalue weighted by atomic mass is 35.5. The molecule has 0 saturated carbocycles. The zero-order valence-electron chi connectivity index (χ0n) is 22.5. The number of halogens is 2. The van der Waals surface area contributed by atoms with Gasteiger partial charge in [-0.05, 0) is 59.1 Å². The van der Waals surface area contributed by atoms with Gasteiger partial charge in [-0.3, -0.25) is 9.59 Å². The van der Waals surface area contributed by atoms with Crippen LogP contribution in [0.5, 0.6) is 11.5 Å². The lowest BCUT2D eigenvalue weighted by atomic mass is 9.64. The average Bonchev–Trinajstić information content (AvgIpc) is 2.80. The van der Waals surface area contributed by atoms with Crippen LogP contribution < -0.4 is 14.8 Å². The molecule has 1 N–H and O–H groups in total. The minimum absolute atomic E-state index is 0.0642. The predicted octanol–water partition coefficient (Wildman–Crippen LogP) is 7.55. The minimum Gasteiger partial charge on any atom is -0.493 e. The summed E-state index contributed by atoms with van der Waals surface area (Å²) in [6.07, 6.45) is 2.33. The average molecular weight is 555 g/mol. The molecule has 0 aromatic heterocycles. The molecule has 0 saturated heterocycles. The minimum atomic E-state index is -0.498. The Labute approximate surface area is 234 Å². The van der Waals surface area contributed by atoms with Gasteiger partial charge in [-0.25, -0.2) is 0 Å². The molecule has 1 aliphatic heterocycles. The summed E-state index contributed by atoms with van der Waals surface area (Å²) in [7, 11) is 1.56. The van der Waals surface area contributed by atoms with Gasteiger partial charge in [-0.2, -0.15) is 0 Å². The number of carbonyl (C=O) groups is 2. The molecule has 38 heavy (non-hydrogen) atoms. The molecule has 0 radical (unpaired) electrons. The number of carbonyl (C=O) groups excluding carboxylic acids is 2. The Bertz CT molecular complexity index is 1350. The molecule has 0 unspecified atom stereocenters. The van der Waals surface area contributed by atoms with E-state index in [1.54, 1.807) is 13.2 Å². The van der Waals surface area contributed by atoms with Crippen LogP contribution >= 0.6 is 23.2 Å². The maximum absolute atomic E-state index is 13.6. The van der Waals surface area contributed by atoms with E-state index in [1.165, 1.54) is 0 Å². The zero-order chi connectivity index (χ0) is 27.4. The Hall–Kier alpha value is -2.76. The van der Waals surface area contributed by atoms with Gasteiger partial charge < -0.3 is 14.8 Å². The van der Waals surface area contributed by atoms with E-state index in [9.17, 15) is 9.59 Å². The lowest BCUT2D eigenvalue weighted by Crippen LogP contribution is -2.42. The fraction of sp³-hybridized carbons (Fsp3) is 0.419. The smallest absolute Gasteiger partial charge is 0.180 e. The monoisotopic (exact) mass is 553 g/mol. The number of nitrogens with one attached hydrogen (secondary N) is 1. The van der Waals surface area contributed by atoms with Crippen molar-refractivity contribution in [3.63, 3.8) is 0 Å². The molecule has 0 atom stereocenters. The molecule has 1 heterocycles. The van der Waals surface area contributed by atoms with Crippen LogP contribution in [0.4, 0.5) is 0 Å². The van der Waals surface area contributed by atoms with Crippen LogP contribution in [0.2, 0.25) is 10.0 Å². The van der Waals surface area contributed by atoms with E-state index in [1.807, 2.05) is 30.3 Å². The van der Waals surface area contributed by atoms with E-state index in [2.05, 4.69) is 33.0 Å². The molecule has 2 aliphatic carbocycles. The van der Waals surface area contributed by atoms with E-state index >= 15 is 0 Å². The van der Waals surface area contributed by atoms with E-state index in [-0.39, 0.29) is 29.0 Å². The molecule has 5 rings (SSSR count). The Balaban J connectivity index is 1.60. The molecule has 200 valence electrons. The summed E-state index contributed by atoms with van der Waals surface area (Å²) >= 11 is 12.9. The van der Waals surface area contributed by atoms with Crippen LogP contribution in [0.25, 0.3) is 0 Å². The summed E-state index contributed by atoms with van der Waals surface area (Å²) in [6, 6.07) is 11.1. The van der Waals surface area contributed by atoms with E-state index < -0.39 is 5.92 Å². The summed E-state index contributed by atoms with van der Waals surface area (Å²) in [5, 5.41) is 4.53. The summed E-state index contributed by atoms with van der Waals surface area (Å²) in [5.41, 5.74) is 4.50. The Morgan fingerprint density at radius 2 is 1.50 bits per heavy atom. The standard InChI is InChI=1S/C31H33Cl2NO4/c1-30(2)12-21-27(23(35)14-30)26(28-22(34-21)13-31(3,4)15-24(28)36)18-10-20(33)29(25(11-18)37-5)38-16-17-7-6-8-19(32)9-17/h6-11,26,34H,12-16H2,1-5H3. The molecule has 5 nitrogen and oxygen atoms in total. The molecule has 0 bridgehead atoms. The van der Waals surface area contributed by atoms with Crippen molar-refractivity contribution in [1.29, 1.82) is 0 Å². The van der Waals surface area contributed by atoms with Crippen LogP contribution in [0.15, 0.2) is 58.9 Å². The first-order valence-electron chi connectivity index (χ1n) is 12.9. The first-order chi connectivity index (χ1) is 17.9. The summed E-state index contributed by atoms with van der Waals surface area (Å²) in [5.74, 6) is 0.484. The van der Waals surface area contributed by atoms with Crippen molar-refractivity contribution in [1.82, 2.24) is 5.32 Å². The van der Waals surface area contributed by atoms with Crippen molar-refractivity contribution in [3.05, 3.63) is 80.1 Å². The third kappa shape index (κ3) is 5.11. The third-order valence-electron chi connectivity index (χ3n) is 7.58. The van der Waals surface area contributed by atoms with E-state index in [0.717, 1.165) is 35.4 Å². The van der Waals surface area contributed by atoms with Crippen molar-refractivity contribution in [2.24, 2.45) is 10.8 Å². The van der Waals surface area contributed by atoms with Gasteiger partial charge in [0.1, 0.15) is 6.61 Å². The van der Waals surface area contributed by atoms with Crippen molar-refractivity contribution in [2.45, 2.75) is 65.9 Å². The van der Waals surface area contributed by atoms with Gasteiger partial charge in [-0.1, -0.05) is 63.0 Å². The second-order valence-electron chi connectivity index (χ2n) is 12.2. The molecule has 3 aliphatic rings. The molecule has 0 amide bonds. The second kappa shape index (κ2) is 9.77. The van der Waals surface area contributed by atoms with E-state index in [4.69, 9.17) is 32.7 Å². The fourth-order valence-corrected chi connectivity index (χ4v) is 6.54. The van der Waals surface area contributed by atoms with Crippen LogP contribution in [0, 0.1) is 10.8 Å². The maximum atomic E-state index is 13.6. The second-order valence-corrected chi connectivity index (χ2v) is 13.0. The number of hydrogen-bond donors (Lipinski definition) is 1. The number of allylic oxidation sites excluding steroid dienone is 4. The largest absolute Gasteiger partial charge is 0.493 e. The van der Waals surface area contributed by atoms with Crippen LogP contribution in [0.3, 0.4) is 0 Å². The van der Waals surface area contributed by atoms with Crippen molar-refractivity contribution in [3.8, 4) is 11.5 Å². The molecule has 7 heteroatoms. The number of benzene rings is 2. The van der Waals surface area contributed by atoms with Crippen molar-refractivity contribution < 1.29 is 19.1 Å². The predicted molar refractivity (Wildman–Crippen MR) is 150 cm³/mol. The fourth-order valence-electron chi connectivity index (χ4n) is 6.05. The Morgan fingerprint density at radius 3 is 2.05 bits per heavy atom. The molecule has 0 spiro atoms. The zero-order valence-corrected chi connectivity index (χ0v) is 24.0. The number of hydrogen-bond acceptors (Lipinski definition) is 5. The lowest BCUT2D eigenvalue weighted by Gasteiger charge is -2.44.